The summed E-state index contributed by atoms with van der Waals surface area (Å²) in [5.41, 5.74) is 0.895. The van der Waals surface area contributed by atoms with Gasteiger partial charge in [-0.15, -0.1) is 12.4 Å². The Kier molecular flexibility index (Phi) is 9.65. The fraction of sp³-hybridized carbons (Fsp3) is 0.467. The molecule has 0 spiro atoms. The Morgan fingerprint density at radius 3 is 2.40 bits per heavy atom. The first-order valence-corrected chi connectivity index (χ1v) is 8.96. The topological polar surface area (TPSA) is 116 Å². The van der Waals surface area contributed by atoms with Gasteiger partial charge in [-0.2, -0.15) is 0 Å². The van der Waals surface area contributed by atoms with E-state index in [0.717, 1.165) is 6.42 Å². The van der Waals surface area contributed by atoms with Crippen LogP contribution in [0.25, 0.3) is 0 Å². The van der Waals surface area contributed by atoms with Gasteiger partial charge in [0.1, 0.15) is 0 Å². The predicted molar refractivity (Wildman–Crippen MR) is 97.7 cm³/mol. The van der Waals surface area contributed by atoms with Crippen molar-refractivity contribution < 1.29 is 23.1 Å². The molecule has 0 aliphatic heterocycles. The van der Waals surface area contributed by atoms with Gasteiger partial charge in [-0.3, -0.25) is 14.5 Å². The van der Waals surface area contributed by atoms with Crippen molar-refractivity contribution in [1.82, 2.24) is 9.62 Å². The Morgan fingerprint density at radius 1 is 1.24 bits per heavy atom. The van der Waals surface area contributed by atoms with Crippen LogP contribution in [0.5, 0.6) is 0 Å². The van der Waals surface area contributed by atoms with Crippen molar-refractivity contribution in [1.29, 1.82) is 0 Å². The number of sulfonamides is 1. The summed E-state index contributed by atoms with van der Waals surface area (Å²) < 4.78 is 26.1. The van der Waals surface area contributed by atoms with E-state index in [1.54, 1.807) is 19.1 Å². The van der Waals surface area contributed by atoms with Gasteiger partial charge >= 0.3 is 5.97 Å². The lowest BCUT2D eigenvalue weighted by Crippen LogP contribution is -2.37. The fourth-order valence-electron chi connectivity index (χ4n) is 2.20. The lowest BCUT2D eigenvalue weighted by atomic mass is 10.2. The third-order valence-electron chi connectivity index (χ3n) is 3.30. The van der Waals surface area contributed by atoms with Gasteiger partial charge in [0.25, 0.3) is 0 Å². The van der Waals surface area contributed by atoms with Crippen LogP contribution < -0.4 is 10.0 Å². The van der Waals surface area contributed by atoms with Crippen LogP contribution in [0.3, 0.4) is 0 Å². The van der Waals surface area contributed by atoms with Gasteiger partial charge in [0.15, 0.2) is 0 Å². The first kappa shape index (κ1) is 23.3. The molecule has 0 fully saturated rings. The van der Waals surface area contributed by atoms with Gasteiger partial charge in [-0.1, -0.05) is 13.0 Å². The molecule has 1 aromatic rings. The summed E-state index contributed by atoms with van der Waals surface area (Å²) in [5.74, 6) is -1.41. The molecule has 0 saturated carbocycles. The highest BCUT2D eigenvalue weighted by Gasteiger charge is 2.17. The number of carbonyl (C=O) groups is 2. The maximum absolute atomic E-state index is 12.1. The number of halogens is 1. The molecule has 1 rings (SSSR count). The number of hydrogen-bond acceptors (Lipinski definition) is 5. The van der Waals surface area contributed by atoms with E-state index < -0.39 is 21.9 Å². The molecule has 0 unspecified atom stereocenters. The van der Waals surface area contributed by atoms with Crippen LogP contribution >= 0.6 is 12.4 Å². The summed E-state index contributed by atoms with van der Waals surface area (Å²) in [6.07, 6.45) is 0.718. The second kappa shape index (κ2) is 10.3. The molecule has 1 aromatic carbocycles. The van der Waals surface area contributed by atoms with Crippen molar-refractivity contribution in [3.05, 3.63) is 23.8 Å². The molecule has 25 heavy (non-hydrogen) atoms. The smallest absolute Gasteiger partial charge is 0.317 e. The van der Waals surface area contributed by atoms with Crippen molar-refractivity contribution in [2.75, 3.05) is 32.0 Å². The molecule has 0 aliphatic rings. The molecule has 0 saturated heterocycles. The van der Waals surface area contributed by atoms with Crippen LogP contribution in [0.1, 0.15) is 18.9 Å². The average Bonchev–Trinajstić information content (AvgIpc) is 2.48. The van der Waals surface area contributed by atoms with Crippen molar-refractivity contribution in [3.63, 3.8) is 0 Å². The molecule has 3 N–H and O–H groups in total. The maximum Gasteiger partial charge on any atom is 0.317 e. The molecular formula is C15H24ClN3O5S. The molecule has 0 heterocycles. The number of benzene rings is 1. The van der Waals surface area contributed by atoms with Crippen LogP contribution in [0.2, 0.25) is 0 Å². The molecule has 0 aliphatic carbocycles. The van der Waals surface area contributed by atoms with Gasteiger partial charge < -0.3 is 10.4 Å². The fourth-order valence-corrected chi connectivity index (χ4v) is 3.20. The number of hydrogen-bond donors (Lipinski definition) is 3. The molecule has 0 bridgehead atoms. The SMILES string of the molecule is CCCN(CC(=O)O)CC(=O)Nc1ccc(C)c(S(=O)(=O)NC)c1.Cl. The molecule has 10 heteroatoms. The van der Waals surface area contributed by atoms with Crippen LogP contribution in [-0.2, 0) is 19.6 Å². The summed E-state index contributed by atoms with van der Waals surface area (Å²) >= 11 is 0. The van der Waals surface area contributed by atoms with Crippen LogP contribution in [-0.4, -0.2) is 57.0 Å². The Balaban J connectivity index is 0.00000576. The van der Waals surface area contributed by atoms with Crippen molar-refractivity contribution in [2.24, 2.45) is 0 Å². The van der Waals surface area contributed by atoms with Gasteiger partial charge in [-0.05, 0) is 44.6 Å². The van der Waals surface area contributed by atoms with E-state index in [2.05, 4.69) is 10.0 Å². The Labute approximate surface area is 154 Å². The summed E-state index contributed by atoms with van der Waals surface area (Å²) in [4.78, 5) is 24.5. The number of anilines is 1. The third-order valence-corrected chi connectivity index (χ3v) is 4.85. The number of carboxylic acids is 1. The first-order valence-electron chi connectivity index (χ1n) is 7.47. The second-order valence-electron chi connectivity index (χ2n) is 5.34. The van der Waals surface area contributed by atoms with Gasteiger partial charge in [0.2, 0.25) is 15.9 Å². The minimum absolute atomic E-state index is 0. The number of amides is 1. The van der Waals surface area contributed by atoms with Crippen molar-refractivity contribution in [3.8, 4) is 0 Å². The number of carboxylic acid groups (broad SMARTS) is 1. The van der Waals surface area contributed by atoms with Crippen LogP contribution in [0.4, 0.5) is 5.69 Å². The zero-order valence-corrected chi connectivity index (χ0v) is 16.0. The summed E-state index contributed by atoms with van der Waals surface area (Å²) in [7, 11) is -2.31. The predicted octanol–water partition coefficient (Wildman–Crippen LogP) is 1.06. The number of nitrogens with one attached hydrogen (secondary N) is 2. The highest BCUT2D eigenvalue weighted by atomic mass is 35.5. The van der Waals surface area contributed by atoms with E-state index in [9.17, 15) is 18.0 Å². The second-order valence-corrected chi connectivity index (χ2v) is 7.20. The Bertz CT molecular complexity index is 709. The first-order chi connectivity index (χ1) is 11.2. The van der Waals surface area contributed by atoms with Crippen LogP contribution in [0, 0.1) is 6.92 Å². The van der Waals surface area contributed by atoms with E-state index >= 15 is 0 Å². The van der Waals surface area contributed by atoms with Crippen molar-refractivity contribution >= 4 is 40.0 Å². The molecule has 0 radical (unpaired) electrons. The lowest BCUT2D eigenvalue weighted by Gasteiger charge is -2.19. The largest absolute Gasteiger partial charge is 0.480 e. The standard InChI is InChI=1S/C15H23N3O5S.ClH/c1-4-7-18(10-15(20)21)9-14(19)17-12-6-5-11(2)13(8-12)24(22,23)16-3;/h5-6,8,16H,4,7,9-10H2,1-3H3,(H,17,19)(H,20,21);1H. The zero-order chi connectivity index (χ0) is 18.3. The summed E-state index contributed by atoms with van der Waals surface area (Å²) in [6, 6.07) is 4.57. The minimum Gasteiger partial charge on any atom is -0.480 e. The van der Waals surface area contributed by atoms with E-state index in [4.69, 9.17) is 5.11 Å². The monoisotopic (exact) mass is 393 g/mol. The van der Waals surface area contributed by atoms with E-state index in [0.29, 0.717) is 17.8 Å². The van der Waals surface area contributed by atoms with Gasteiger partial charge in [0.05, 0.1) is 18.0 Å². The van der Waals surface area contributed by atoms with E-state index in [1.165, 1.54) is 18.0 Å². The molecule has 142 valence electrons. The maximum atomic E-state index is 12.1. The summed E-state index contributed by atoms with van der Waals surface area (Å²) in [6.45, 7) is 3.72. The number of carbonyl (C=O) groups excluding carboxylic acids is 1. The normalized spacial score (nSPS) is 11.0. The number of aliphatic carboxylic acids is 1. The third kappa shape index (κ3) is 7.39. The number of nitrogens with zero attached hydrogens (tertiary/aromatic N) is 1. The van der Waals surface area contributed by atoms with E-state index in [-0.39, 0.29) is 30.4 Å². The highest BCUT2D eigenvalue weighted by Crippen LogP contribution is 2.19. The molecular weight excluding hydrogens is 370 g/mol. The minimum atomic E-state index is -3.62. The van der Waals surface area contributed by atoms with Crippen LogP contribution in [0.15, 0.2) is 23.1 Å². The quantitative estimate of drug-likeness (QED) is 0.577. The van der Waals surface area contributed by atoms with E-state index in [1.807, 2.05) is 6.92 Å². The average molecular weight is 394 g/mol. The van der Waals surface area contributed by atoms with Gasteiger partial charge in [-0.25, -0.2) is 13.1 Å². The number of rotatable bonds is 9. The molecule has 0 aromatic heterocycles. The van der Waals surface area contributed by atoms with Gasteiger partial charge in [0, 0.05) is 5.69 Å². The van der Waals surface area contributed by atoms with Crippen molar-refractivity contribution in [2.45, 2.75) is 25.2 Å². The Hall–Kier alpha value is -1.68. The highest BCUT2D eigenvalue weighted by molar-refractivity contribution is 7.89. The lowest BCUT2D eigenvalue weighted by molar-refractivity contribution is -0.138. The molecule has 1 amide bonds. The zero-order valence-electron chi connectivity index (χ0n) is 14.4. The molecule has 8 nitrogen and oxygen atoms in total. The molecule has 0 atom stereocenters. The summed E-state index contributed by atoms with van der Waals surface area (Å²) in [5, 5.41) is 11.5. The Morgan fingerprint density at radius 2 is 1.88 bits per heavy atom. The number of aryl methyl sites for hydroxylation is 1.